The molecule has 8 heteroatoms. The average Bonchev–Trinajstić information content (AvgIpc) is 2.96. The molecule has 1 aliphatic rings. The predicted octanol–water partition coefficient (Wildman–Crippen LogP) is 3.33. The molecule has 1 atom stereocenters. The highest BCUT2D eigenvalue weighted by molar-refractivity contribution is 6.46. The molecular weight excluding hydrogens is 410 g/mol. The number of ketones is 1. The fourth-order valence-electron chi connectivity index (χ4n) is 3.35. The predicted molar refractivity (Wildman–Crippen MR) is 110 cm³/mol. The third-order valence-electron chi connectivity index (χ3n) is 4.61. The summed E-state index contributed by atoms with van der Waals surface area (Å²) in [5.41, 5.74) is 0.749. The van der Waals surface area contributed by atoms with Crippen molar-refractivity contribution in [2.45, 2.75) is 13.0 Å². The van der Waals surface area contributed by atoms with Gasteiger partial charge in [0.15, 0.2) is 0 Å². The van der Waals surface area contributed by atoms with Crippen LogP contribution >= 0.6 is 11.6 Å². The first-order chi connectivity index (χ1) is 14.3. The molecule has 1 aliphatic heterocycles. The summed E-state index contributed by atoms with van der Waals surface area (Å²) in [5.74, 6) is -2.14. The van der Waals surface area contributed by atoms with E-state index in [9.17, 15) is 19.5 Å². The highest BCUT2D eigenvalue weighted by atomic mass is 35.5. The zero-order chi connectivity index (χ0) is 21.8. The van der Waals surface area contributed by atoms with E-state index in [1.165, 1.54) is 25.0 Å². The molecule has 1 fully saturated rings. The van der Waals surface area contributed by atoms with Gasteiger partial charge in [0.25, 0.3) is 11.7 Å². The summed E-state index contributed by atoms with van der Waals surface area (Å²) in [7, 11) is 1.49. The minimum atomic E-state index is -0.880. The Hall–Kier alpha value is -3.16. The van der Waals surface area contributed by atoms with Crippen LogP contribution in [0.25, 0.3) is 5.76 Å². The number of ether oxygens (including phenoxy) is 2. The second kappa shape index (κ2) is 9.11. The Balaban J connectivity index is 2.16. The Morgan fingerprint density at radius 3 is 2.57 bits per heavy atom. The highest BCUT2D eigenvalue weighted by Crippen LogP contribution is 2.40. The lowest BCUT2D eigenvalue weighted by Gasteiger charge is -2.25. The number of amides is 1. The van der Waals surface area contributed by atoms with Gasteiger partial charge in [-0.25, -0.2) is 0 Å². The van der Waals surface area contributed by atoms with Gasteiger partial charge in [-0.3, -0.25) is 14.4 Å². The van der Waals surface area contributed by atoms with Gasteiger partial charge >= 0.3 is 5.97 Å². The van der Waals surface area contributed by atoms with Gasteiger partial charge in [-0.1, -0.05) is 35.9 Å². The van der Waals surface area contributed by atoms with Crippen LogP contribution in [0.2, 0.25) is 5.02 Å². The van der Waals surface area contributed by atoms with E-state index in [-0.39, 0.29) is 30.2 Å². The Kier molecular flexibility index (Phi) is 6.54. The second-order valence-electron chi connectivity index (χ2n) is 6.66. The van der Waals surface area contributed by atoms with Crippen molar-refractivity contribution in [1.29, 1.82) is 0 Å². The Morgan fingerprint density at radius 2 is 1.90 bits per heavy atom. The number of carbonyl (C=O) groups excluding carboxylic acids is 3. The van der Waals surface area contributed by atoms with Crippen LogP contribution in [0, 0.1) is 0 Å². The number of nitrogens with zero attached hydrogens (tertiary/aromatic N) is 1. The summed E-state index contributed by atoms with van der Waals surface area (Å²) in [6.45, 7) is 1.61. The van der Waals surface area contributed by atoms with Crippen LogP contribution in [0.3, 0.4) is 0 Å². The smallest absolute Gasteiger partial charge is 0.308 e. The summed E-state index contributed by atoms with van der Waals surface area (Å²) in [4.78, 5) is 38.2. The number of likely N-dealkylation sites (tertiary alicyclic amines) is 1. The zero-order valence-electron chi connectivity index (χ0n) is 16.4. The molecule has 1 unspecified atom stereocenters. The van der Waals surface area contributed by atoms with Crippen LogP contribution in [-0.4, -0.2) is 47.9 Å². The molecule has 7 nitrogen and oxygen atoms in total. The van der Waals surface area contributed by atoms with E-state index in [1.54, 1.807) is 42.5 Å². The SMILES string of the molecule is COCCN1C(=O)C(=O)/C(=C(\O)c2cccc(Cl)c2)C1c1cccc(OC(C)=O)c1. The molecule has 0 aromatic heterocycles. The van der Waals surface area contributed by atoms with Crippen LogP contribution in [0.5, 0.6) is 5.75 Å². The van der Waals surface area contributed by atoms with Crippen LogP contribution in [0.15, 0.2) is 54.1 Å². The third kappa shape index (κ3) is 4.37. The zero-order valence-corrected chi connectivity index (χ0v) is 17.2. The van der Waals surface area contributed by atoms with E-state index in [2.05, 4.69) is 0 Å². The second-order valence-corrected chi connectivity index (χ2v) is 7.10. The van der Waals surface area contributed by atoms with Crippen molar-refractivity contribution < 1.29 is 29.0 Å². The number of aliphatic hydroxyl groups excluding tert-OH is 1. The van der Waals surface area contributed by atoms with Gasteiger partial charge in [0.1, 0.15) is 11.5 Å². The lowest BCUT2D eigenvalue weighted by molar-refractivity contribution is -0.140. The van der Waals surface area contributed by atoms with Crippen LogP contribution < -0.4 is 4.74 Å². The first kappa shape index (κ1) is 21.5. The lowest BCUT2D eigenvalue weighted by atomic mass is 9.95. The van der Waals surface area contributed by atoms with Crippen LogP contribution in [-0.2, 0) is 19.1 Å². The number of aliphatic hydroxyl groups is 1. The van der Waals surface area contributed by atoms with Gasteiger partial charge in [-0.05, 0) is 29.8 Å². The summed E-state index contributed by atoms with van der Waals surface area (Å²) in [6, 6.07) is 12.0. The summed E-state index contributed by atoms with van der Waals surface area (Å²) in [6.07, 6.45) is 0. The normalized spacial score (nSPS) is 18.0. The van der Waals surface area contributed by atoms with Crippen LogP contribution in [0.4, 0.5) is 0 Å². The summed E-state index contributed by atoms with van der Waals surface area (Å²) < 4.78 is 10.2. The number of carbonyl (C=O) groups is 3. The first-order valence-electron chi connectivity index (χ1n) is 9.15. The fraction of sp³-hybridized carbons (Fsp3) is 0.227. The van der Waals surface area contributed by atoms with Crippen molar-refractivity contribution in [1.82, 2.24) is 4.90 Å². The molecule has 0 spiro atoms. The topological polar surface area (TPSA) is 93.1 Å². The number of benzene rings is 2. The molecule has 0 aliphatic carbocycles. The molecule has 1 saturated heterocycles. The van der Waals surface area contributed by atoms with Crippen molar-refractivity contribution >= 4 is 35.0 Å². The number of hydrogen-bond donors (Lipinski definition) is 1. The molecule has 0 saturated carbocycles. The van der Waals surface area contributed by atoms with E-state index >= 15 is 0 Å². The number of rotatable bonds is 6. The van der Waals surface area contributed by atoms with Crippen molar-refractivity contribution in [3.8, 4) is 5.75 Å². The van der Waals surface area contributed by atoms with Crippen molar-refractivity contribution in [3.05, 3.63) is 70.3 Å². The number of Topliss-reactive ketones (excluding diaryl/α,β-unsaturated/α-hetero) is 1. The average molecular weight is 430 g/mol. The van der Waals surface area contributed by atoms with Gasteiger partial charge in [0.05, 0.1) is 18.2 Å². The minimum absolute atomic E-state index is 0.0710. The van der Waals surface area contributed by atoms with Crippen molar-refractivity contribution in [2.24, 2.45) is 0 Å². The van der Waals surface area contributed by atoms with Gasteiger partial charge in [-0.2, -0.15) is 0 Å². The van der Waals surface area contributed by atoms with E-state index in [4.69, 9.17) is 21.1 Å². The Labute approximate surface area is 178 Å². The van der Waals surface area contributed by atoms with E-state index in [0.717, 1.165) is 0 Å². The molecule has 0 bridgehead atoms. The molecule has 0 radical (unpaired) electrons. The molecule has 1 amide bonds. The maximum absolute atomic E-state index is 12.9. The number of esters is 1. The lowest BCUT2D eigenvalue weighted by Crippen LogP contribution is -2.32. The summed E-state index contributed by atoms with van der Waals surface area (Å²) >= 11 is 6.02. The standard InChI is InChI=1S/C22H20ClNO6/c1-13(25)30-17-8-4-5-14(12-17)19-18(20(26)15-6-3-7-16(23)11-15)21(27)22(28)24(19)9-10-29-2/h3-8,11-12,19,26H,9-10H2,1-2H3/b20-18-. The van der Waals surface area contributed by atoms with Gasteiger partial charge in [0, 0.05) is 31.2 Å². The number of hydrogen-bond acceptors (Lipinski definition) is 6. The van der Waals surface area contributed by atoms with Gasteiger partial charge < -0.3 is 19.5 Å². The van der Waals surface area contributed by atoms with E-state index < -0.39 is 23.7 Å². The van der Waals surface area contributed by atoms with Gasteiger partial charge in [-0.15, -0.1) is 0 Å². The molecule has 3 rings (SSSR count). The monoisotopic (exact) mass is 429 g/mol. The van der Waals surface area contributed by atoms with E-state index in [1.807, 2.05) is 0 Å². The molecule has 156 valence electrons. The van der Waals surface area contributed by atoms with Crippen molar-refractivity contribution in [2.75, 3.05) is 20.3 Å². The van der Waals surface area contributed by atoms with E-state index in [0.29, 0.717) is 16.1 Å². The largest absolute Gasteiger partial charge is 0.507 e. The maximum Gasteiger partial charge on any atom is 0.308 e. The first-order valence-corrected chi connectivity index (χ1v) is 9.53. The molecule has 30 heavy (non-hydrogen) atoms. The molecule has 1 N–H and O–H groups in total. The molecule has 2 aromatic rings. The Bertz CT molecular complexity index is 1030. The highest BCUT2D eigenvalue weighted by Gasteiger charge is 2.46. The molecule has 2 aromatic carbocycles. The van der Waals surface area contributed by atoms with Crippen molar-refractivity contribution in [3.63, 3.8) is 0 Å². The third-order valence-corrected chi connectivity index (χ3v) is 4.84. The molecule has 1 heterocycles. The Morgan fingerprint density at radius 1 is 1.17 bits per heavy atom. The molecular formula is C22H20ClNO6. The quantitative estimate of drug-likeness (QED) is 0.249. The maximum atomic E-state index is 12.9. The number of halogens is 1. The fourth-order valence-corrected chi connectivity index (χ4v) is 3.54. The summed E-state index contributed by atoms with van der Waals surface area (Å²) in [5, 5.41) is 11.3. The number of methoxy groups -OCH3 is 1. The minimum Gasteiger partial charge on any atom is -0.507 e. The van der Waals surface area contributed by atoms with Crippen LogP contribution in [0.1, 0.15) is 24.1 Å². The van der Waals surface area contributed by atoms with Gasteiger partial charge in [0.2, 0.25) is 0 Å².